The normalized spacial score (nSPS) is 25.1. The van der Waals surface area contributed by atoms with Crippen LogP contribution < -0.4 is 4.72 Å². The SMILES string of the molecule is CCCNS(=O)(=O)N1CCCC(O)C1. The van der Waals surface area contributed by atoms with E-state index in [4.69, 9.17) is 0 Å². The van der Waals surface area contributed by atoms with Gasteiger partial charge in [0.2, 0.25) is 0 Å². The number of β-amino-alcohol motifs (C(OH)–C–C–N with tert-alkyl or cyclic N) is 1. The molecule has 0 spiro atoms. The molecular weight excluding hydrogens is 204 g/mol. The van der Waals surface area contributed by atoms with Gasteiger partial charge < -0.3 is 5.11 Å². The molecule has 84 valence electrons. The van der Waals surface area contributed by atoms with E-state index in [2.05, 4.69) is 4.72 Å². The number of rotatable bonds is 4. The van der Waals surface area contributed by atoms with Crippen molar-refractivity contribution in [2.24, 2.45) is 0 Å². The van der Waals surface area contributed by atoms with Crippen LogP contribution in [0.5, 0.6) is 0 Å². The van der Waals surface area contributed by atoms with Crippen LogP contribution in [0.25, 0.3) is 0 Å². The van der Waals surface area contributed by atoms with Crippen molar-refractivity contribution >= 4 is 10.2 Å². The number of aliphatic hydroxyl groups excluding tert-OH is 1. The van der Waals surface area contributed by atoms with E-state index in [1.54, 1.807) is 0 Å². The Morgan fingerprint density at radius 3 is 2.86 bits per heavy atom. The third-order valence-electron chi connectivity index (χ3n) is 2.23. The third kappa shape index (κ3) is 3.20. The van der Waals surface area contributed by atoms with Gasteiger partial charge in [0, 0.05) is 19.6 Å². The van der Waals surface area contributed by atoms with Crippen molar-refractivity contribution in [3.8, 4) is 0 Å². The molecule has 0 aromatic rings. The highest BCUT2D eigenvalue weighted by molar-refractivity contribution is 7.87. The molecule has 6 heteroatoms. The molecule has 14 heavy (non-hydrogen) atoms. The summed E-state index contributed by atoms with van der Waals surface area (Å²) in [4.78, 5) is 0. The third-order valence-corrected chi connectivity index (χ3v) is 3.81. The van der Waals surface area contributed by atoms with Crippen molar-refractivity contribution in [3.63, 3.8) is 0 Å². The first-order valence-electron chi connectivity index (χ1n) is 4.99. The van der Waals surface area contributed by atoms with E-state index in [0.29, 0.717) is 19.5 Å². The molecular formula is C8H18N2O3S. The summed E-state index contributed by atoms with van der Waals surface area (Å²) >= 11 is 0. The van der Waals surface area contributed by atoms with Crippen molar-refractivity contribution in [2.75, 3.05) is 19.6 Å². The lowest BCUT2D eigenvalue weighted by molar-refractivity contribution is 0.107. The predicted molar refractivity (Wildman–Crippen MR) is 54.0 cm³/mol. The molecule has 0 aromatic carbocycles. The molecule has 1 unspecified atom stereocenters. The Bertz CT molecular complexity index is 266. The molecule has 1 aliphatic heterocycles. The van der Waals surface area contributed by atoms with Gasteiger partial charge in [0.15, 0.2) is 0 Å². The van der Waals surface area contributed by atoms with Crippen molar-refractivity contribution in [1.82, 2.24) is 9.03 Å². The summed E-state index contributed by atoms with van der Waals surface area (Å²) in [7, 11) is -3.36. The van der Waals surface area contributed by atoms with Gasteiger partial charge in [-0.25, -0.2) is 4.72 Å². The standard InChI is InChI=1S/C8H18N2O3S/c1-2-5-9-14(12,13)10-6-3-4-8(11)7-10/h8-9,11H,2-7H2,1H3. The topological polar surface area (TPSA) is 69.6 Å². The first-order valence-corrected chi connectivity index (χ1v) is 6.43. The molecule has 0 radical (unpaired) electrons. The highest BCUT2D eigenvalue weighted by Gasteiger charge is 2.26. The van der Waals surface area contributed by atoms with E-state index in [1.807, 2.05) is 6.92 Å². The molecule has 0 aliphatic carbocycles. The Labute approximate surface area is 85.3 Å². The maximum absolute atomic E-state index is 11.6. The lowest BCUT2D eigenvalue weighted by Gasteiger charge is -2.29. The quantitative estimate of drug-likeness (QED) is 0.685. The minimum Gasteiger partial charge on any atom is -0.392 e. The molecule has 0 bridgehead atoms. The van der Waals surface area contributed by atoms with Gasteiger partial charge in [-0.1, -0.05) is 6.92 Å². The van der Waals surface area contributed by atoms with Gasteiger partial charge in [0.25, 0.3) is 10.2 Å². The predicted octanol–water partition coefficient (Wildman–Crippen LogP) is -0.313. The minimum absolute atomic E-state index is 0.221. The van der Waals surface area contributed by atoms with E-state index in [-0.39, 0.29) is 6.54 Å². The summed E-state index contributed by atoms with van der Waals surface area (Å²) in [5.41, 5.74) is 0. The zero-order valence-corrected chi connectivity index (χ0v) is 9.26. The highest BCUT2D eigenvalue weighted by atomic mass is 32.2. The summed E-state index contributed by atoms with van der Waals surface area (Å²) < 4.78 is 27.0. The summed E-state index contributed by atoms with van der Waals surface area (Å²) in [5.74, 6) is 0. The molecule has 0 amide bonds. The molecule has 1 fully saturated rings. The lowest BCUT2D eigenvalue weighted by atomic mass is 10.1. The molecule has 1 saturated heterocycles. The zero-order chi connectivity index (χ0) is 10.6. The second-order valence-corrected chi connectivity index (χ2v) is 5.31. The Morgan fingerprint density at radius 2 is 2.29 bits per heavy atom. The van der Waals surface area contributed by atoms with Crippen LogP contribution in [0.4, 0.5) is 0 Å². The van der Waals surface area contributed by atoms with Crippen LogP contribution in [0.2, 0.25) is 0 Å². The van der Waals surface area contributed by atoms with Crippen LogP contribution in [-0.4, -0.2) is 43.6 Å². The Balaban J connectivity index is 2.53. The van der Waals surface area contributed by atoms with Crippen molar-refractivity contribution in [2.45, 2.75) is 32.3 Å². The molecule has 5 nitrogen and oxygen atoms in total. The average Bonchev–Trinajstić information content (AvgIpc) is 2.15. The van der Waals surface area contributed by atoms with Crippen LogP contribution in [0.15, 0.2) is 0 Å². The molecule has 1 aliphatic rings. The molecule has 0 saturated carbocycles. The monoisotopic (exact) mass is 222 g/mol. The largest absolute Gasteiger partial charge is 0.392 e. The first-order chi connectivity index (χ1) is 6.56. The minimum atomic E-state index is -3.36. The molecule has 1 atom stereocenters. The van der Waals surface area contributed by atoms with E-state index >= 15 is 0 Å². The Hall–Kier alpha value is -0.170. The van der Waals surface area contributed by atoms with Gasteiger partial charge in [-0.05, 0) is 19.3 Å². The fourth-order valence-corrected chi connectivity index (χ4v) is 2.84. The van der Waals surface area contributed by atoms with E-state index in [9.17, 15) is 13.5 Å². The van der Waals surface area contributed by atoms with Gasteiger partial charge >= 0.3 is 0 Å². The van der Waals surface area contributed by atoms with Gasteiger partial charge in [0.05, 0.1) is 6.10 Å². The van der Waals surface area contributed by atoms with Crippen molar-refractivity contribution in [3.05, 3.63) is 0 Å². The van der Waals surface area contributed by atoms with Crippen molar-refractivity contribution in [1.29, 1.82) is 0 Å². The van der Waals surface area contributed by atoms with Crippen LogP contribution >= 0.6 is 0 Å². The fraction of sp³-hybridized carbons (Fsp3) is 1.00. The van der Waals surface area contributed by atoms with Gasteiger partial charge in [-0.3, -0.25) is 0 Å². The average molecular weight is 222 g/mol. The second kappa shape index (κ2) is 5.06. The van der Waals surface area contributed by atoms with E-state index in [1.165, 1.54) is 4.31 Å². The number of nitrogens with zero attached hydrogens (tertiary/aromatic N) is 1. The molecule has 0 aromatic heterocycles. The van der Waals surface area contributed by atoms with Crippen LogP contribution in [0.1, 0.15) is 26.2 Å². The summed E-state index contributed by atoms with van der Waals surface area (Å²) in [6.45, 7) is 3.09. The van der Waals surface area contributed by atoms with E-state index < -0.39 is 16.3 Å². The van der Waals surface area contributed by atoms with E-state index in [0.717, 1.165) is 12.8 Å². The van der Waals surface area contributed by atoms with Crippen LogP contribution in [0.3, 0.4) is 0 Å². The number of aliphatic hydroxyl groups is 1. The van der Waals surface area contributed by atoms with Crippen LogP contribution in [-0.2, 0) is 10.2 Å². The van der Waals surface area contributed by atoms with Crippen LogP contribution in [0, 0.1) is 0 Å². The summed E-state index contributed by atoms with van der Waals surface area (Å²) in [6, 6.07) is 0. The van der Waals surface area contributed by atoms with Crippen molar-refractivity contribution < 1.29 is 13.5 Å². The molecule has 1 heterocycles. The summed E-state index contributed by atoms with van der Waals surface area (Å²) in [5, 5.41) is 9.33. The molecule has 1 rings (SSSR count). The summed E-state index contributed by atoms with van der Waals surface area (Å²) in [6.07, 6.45) is 1.69. The maximum Gasteiger partial charge on any atom is 0.279 e. The smallest absolute Gasteiger partial charge is 0.279 e. The fourth-order valence-electron chi connectivity index (χ4n) is 1.46. The number of hydrogen-bond acceptors (Lipinski definition) is 3. The number of hydrogen-bond donors (Lipinski definition) is 2. The number of piperidine rings is 1. The second-order valence-electron chi connectivity index (χ2n) is 3.55. The Morgan fingerprint density at radius 1 is 1.57 bits per heavy atom. The van der Waals surface area contributed by atoms with Gasteiger partial charge in [0.1, 0.15) is 0 Å². The zero-order valence-electron chi connectivity index (χ0n) is 8.44. The lowest BCUT2D eigenvalue weighted by Crippen LogP contribution is -2.47. The maximum atomic E-state index is 11.6. The first kappa shape index (κ1) is 11.9. The Kier molecular flexibility index (Phi) is 4.31. The van der Waals surface area contributed by atoms with Gasteiger partial charge in [-0.2, -0.15) is 12.7 Å². The van der Waals surface area contributed by atoms with Gasteiger partial charge in [-0.15, -0.1) is 0 Å². The number of nitrogens with one attached hydrogen (secondary N) is 1. The molecule has 2 N–H and O–H groups in total. The highest BCUT2D eigenvalue weighted by Crippen LogP contribution is 2.12.